The molecule has 1 saturated heterocycles. The molecule has 0 N–H and O–H groups in total. The van der Waals surface area contributed by atoms with Gasteiger partial charge in [-0.25, -0.2) is 0 Å². The van der Waals surface area contributed by atoms with Crippen LogP contribution in [0, 0.1) is 22.6 Å². The van der Waals surface area contributed by atoms with Crippen molar-refractivity contribution in [3.63, 3.8) is 0 Å². The summed E-state index contributed by atoms with van der Waals surface area (Å²) in [6.07, 6.45) is 3.47. The smallest absolute Gasteiger partial charge is 0.299 e. The number of halogens is 1. The van der Waals surface area contributed by atoms with E-state index in [1.807, 2.05) is 4.90 Å². The van der Waals surface area contributed by atoms with Gasteiger partial charge in [0.25, 0.3) is 5.91 Å². The Bertz CT molecular complexity index is 277. The lowest BCUT2D eigenvalue weighted by molar-refractivity contribution is -0.125. The third-order valence-electron chi connectivity index (χ3n) is 3.16. The first-order valence-electron chi connectivity index (χ1n) is 5.55. The maximum atomic E-state index is 11.5. The number of rotatable bonds is 1. The molecule has 0 spiro atoms. The number of carbonyl (C=O) groups excluding carboxylic acids is 1. The number of carbonyl (C=O) groups is 1. The highest BCUT2D eigenvalue weighted by Crippen LogP contribution is 2.24. The topological polar surface area (TPSA) is 20.3 Å². The average Bonchev–Trinajstić information content (AvgIpc) is 2.43. The second-order valence-corrected chi connectivity index (χ2v) is 4.84. The van der Waals surface area contributed by atoms with Crippen LogP contribution < -0.4 is 0 Å². The molecule has 1 fully saturated rings. The third kappa shape index (κ3) is 3.87. The lowest BCUT2D eigenvalue weighted by Gasteiger charge is -2.19. The summed E-state index contributed by atoms with van der Waals surface area (Å²) in [5.41, 5.74) is 0. The minimum absolute atomic E-state index is 0.0451. The van der Waals surface area contributed by atoms with Gasteiger partial charge in [0, 0.05) is 34.9 Å². The van der Waals surface area contributed by atoms with E-state index in [1.165, 1.54) is 6.42 Å². The Hall–Kier alpha value is -0.490. The highest BCUT2D eigenvalue weighted by molar-refractivity contribution is 9.12. The van der Waals surface area contributed by atoms with Gasteiger partial charge in [-0.15, -0.1) is 0 Å². The number of amides is 1. The fraction of sp³-hybridized carbons (Fsp3) is 0.750. The summed E-state index contributed by atoms with van der Waals surface area (Å²) >= 11 is 2.96. The van der Waals surface area contributed by atoms with Crippen LogP contribution in [0.15, 0.2) is 0 Å². The van der Waals surface area contributed by atoms with Gasteiger partial charge < -0.3 is 4.90 Å². The van der Waals surface area contributed by atoms with Crippen LogP contribution in [0.5, 0.6) is 0 Å². The monoisotopic (exact) mass is 271 g/mol. The molecule has 1 atom stereocenters. The Balaban J connectivity index is 2.51. The van der Waals surface area contributed by atoms with Crippen molar-refractivity contribution >= 4 is 21.8 Å². The summed E-state index contributed by atoms with van der Waals surface area (Å²) in [6, 6.07) is 0. The molecular weight excluding hydrogens is 254 g/mol. The van der Waals surface area contributed by atoms with E-state index < -0.39 is 0 Å². The van der Waals surface area contributed by atoms with Crippen molar-refractivity contribution in [2.75, 3.05) is 13.1 Å². The first kappa shape index (κ1) is 12.6. The summed E-state index contributed by atoms with van der Waals surface area (Å²) in [5.74, 6) is 3.98. The van der Waals surface area contributed by atoms with Crippen LogP contribution in [0.2, 0.25) is 0 Å². The molecule has 1 aliphatic heterocycles. The van der Waals surface area contributed by atoms with Crippen LogP contribution in [0.1, 0.15) is 33.1 Å². The normalized spacial score (nSPS) is 21.9. The molecule has 2 nitrogen and oxygen atoms in total. The van der Waals surface area contributed by atoms with Gasteiger partial charge in [-0.1, -0.05) is 13.8 Å². The molecule has 15 heavy (non-hydrogen) atoms. The largest absolute Gasteiger partial charge is 0.332 e. The van der Waals surface area contributed by atoms with Gasteiger partial charge in [0.15, 0.2) is 0 Å². The minimum atomic E-state index is -0.0451. The van der Waals surface area contributed by atoms with Crippen molar-refractivity contribution in [1.29, 1.82) is 0 Å². The van der Waals surface area contributed by atoms with E-state index in [9.17, 15) is 4.79 Å². The van der Waals surface area contributed by atoms with Crippen molar-refractivity contribution in [3.05, 3.63) is 0 Å². The Morgan fingerprint density at radius 3 is 2.73 bits per heavy atom. The molecule has 1 aliphatic rings. The number of hydrogen-bond acceptors (Lipinski definition) is 1. The van der Waals surface area contributed by atoms with Gasteiger partial charge in [0.05, 0.1) is 0 Å². The summed E-state index contributed by atoms with van der Waals surface area (Å²) < 4.78 is 0. The average molecular weight is 272 g/mol. The maximum Gasteiger partial charge on any atom is 0.299 e. The predicted octanol–water partition coefficient (Wildman–Crippen LogP) is 2.63. The van der Waals surface area contributed by atoms with Gasteiger partial charge in [-0.2, -0.15) is 0 Å². The first-order chi connectivity index (χ1) is 7.15. The molecule has 0 aliphatic carbocycles. The van der Waals surface area contributed by atoms with Gasteiger partial charge in [-0.3, -0.25) is 4.79 Å². The SMILES string of the molecule is CC(C)C1CCCN(C(=O)C#CBr)CC1. The molecule has 0 bridgehead atoms. The maximum absolute atomic E-state index is 11.5. The van der Waals surface area contributed by atoms with E-state index in [1.54, 1.807) is 0 Å². The summed E-state index contributed by atoms with van der Waals surface area (Å²) in [7, 11) is 0. The van der Waals surface area contributed by atoms with Crippen molar-refractivity contribution in [2.24, 2.45) is 11.8 Å². The molecule has 1 heterocycles. The van der Waals surface area contributed by atoms with Gasteiger partial charge in [0.2, 0.25) is 0 Å². The zero-order chi connectivity index (χ0) is 11.3. The summed E-state index contributed by atoms with van der Waals surface area (Å²) in [6.45, 7) is 6.26. The number of nitrogens with zero attached hydrogens (tertiary/aromatic N) is 1. The minimum Gasteiger partial charge on any atom is -0.332 e. The molecule has 0 aromatic carbocycles. The Labute approximate surface area is 101 Å². The second kappa shape index (κ2) is 6.17. The molecule has 1 rings (SSSR count). The number of likely N-dealkylation sites (tertiary alicyclic amines) is 1. The van der Waals surface area contributed by atoms with Gasteiger partial charge >= 0.3 is 0 Å². The fourth-order valence-electron chi connectivity index (χ4n) is 2.11. The molecule has 0 aromatic heterocycles. The van der Waals surface area contributed by atoms with E-state index in [0.717, 1.165) is 37.8 Å². The van der Waals surface area contributed by atoms with Gasteiger partial charge in [-0.05, 0) is 35.9 Å². The van der Waals surface area contributed by atoms with Crippen LogP contribution in [-0.2, 0) is 4.79 Å². The zero-order valence-corrected chi connectivity index (χ0v) is 11.0. The van der Waals surface area contributed by atoms with E-state index in [0.29, 0.717) is 0 Å². The molecule has 3 heteroatoms. The van der Waals surface area contributed by atoms with E-state index >= 15 is 0 Å². The highest BCUT2D eigenvalue weighted by atomic mass is 79.9. The molecule has 1 unspecified atom stereocenters. The van der Waals surface area contributed by atoms with Gasteiger partial charge in [0.1, 0.15) is 0 Å². The van der Waals surface area contributed by atoms with Crippen molar-refractivity contribution in [3.8, 4) is 10.8 Å². The zero-order valence-electron chi connectivity index (χ0n) is 9.42. The quantitative estimate of drug-likeness (QED) is 0.672. The van der Waals surface area contributed by atoms with Crippen LogP contribution in [0.4, 0.5) is 0 Å². The molecule has 1 amide bonds. The molecule has 0 radical (unpaired) electrons. The van der Waals surface area contributed by atoms with Crippen molar-refractivity contribution < 1.29 is 4.79 Å². The highest BCUT2D eigenvalue weighted by Gasteiger charge is 2.21. The molecule has 0 aromatic rings. The second-order valence-electron chi connectivity index (χ2n) is 4.45. The Morgan fingerprint density at radius 1 is 1.40 bits per heavy atom. The first-order valence-corrected chi connectivity index (χ1v) is 6.35. The summed E-state index contributed by atoms with van der Waals surface area (Å²) in [4.78, 5) is 15.9. The van der Waals surface area contributed by atoms with E-state index in [4.69, 9.17) is 0 Å². The molecule has 0 saturated carbocycles. The Kier molecular flexibility index (Phi) is 5.17. The predicted molar refractivity (Wildman–Crippen MR) is 65.5 cm³/mol. The van der Waals surface area contributed by atoms with E-state index in [2.05, 4.69) is 40.5 Å². The molecule has 84 valence electrons. The fourth-order valence-corrected chi connectivity index (χ4v) is 2.28. The third-order valence-corrected chi connectivity index (χ3v) is 3.36. The van der Waals surface area contributed by atoms with Crippen LogP contribution in [0.25, 0.3) is 0 Å². The lowest BCUT2D eigenvalue weighted by Crippen LogP contribution is -2.30. The van der Waals surface area contributed by atoms with Crippen LogP contribution >= 0.6 is 15.9 Å². The molecular formula is C12H18BrNO. The number of hydrogen-bond donors (Lipinski definition) is 0. The van der Waals surface area contributed by atoms with Crippen molar-refractivity contribution in [1.82, 2.24) is 4.90 Å². The van der Waals surface area contributed by atoms with Crippen molar-refractivity contribution in [2.45, 2.75) is 33.1 Å². The Morgan fingerprint density at radius 2 is 2.13 bits per heavy atom. The van der Waals surface area contributed by atoms with Crippen LogP contribution in [0.3, 0.4) is 0 Å². The lowest BCUT2D eigenvalue weighted by atomic mass is 9.89. The standard InChI is InChI=1S/C12H18BrNO/c1-10(2)11-4-3-8-14(9-6-11)12(15)5-7-13/h10-11H,3-4,6,8-9H2,1-2H3. The summed E-state index contributed by atoms with van der Waals surface area (Å²) in [5, 5.41) is 0. The van der Waals surface area contributed by atoms with E-state index in [-0.39, 0.29) is 5.91 Å². The van der Waals surface area contributed by atoms with Crippen LogP contribution in [-0.4, -0.2) is 23.9 Å².